The number of rotatable bonds is 3. The predicted octanol–water partition coefficient (Wildman–Crippen LogP) is 5.50. The van der Waals surface area contributed by atoms with Gasteiger partial charge in [0, 0.05) is 35.3 Å². The van der Waals surface area contributed by atoms with Crippen LogP contribution in [0.5, 0.6) is 0 Å². The monoisotopic (exact) mass is 485 g/mol. The largest absolute Gasteiger partial charge is 0.433 e. The lowest BCUT2D eigenvalue weighted by atomic mass is 10.1. The summed E-state index contributed by atoms with van der Waals surface area (Å²) < 4.78 is 46.7. The third-order valence-corrected chi connectivity index (χ3v) is 6.35. The Kier molecular flexibility index (Phi) is 6.13. The van der Waals surface area contributed by atoms with Crippen molar-refractivity contribution in [1.29, 1.82) is 0 Å². The highest BCUT2D eigenvalue weighted by Gasteiger charge is 2.33. The molecular weight excluding hydrogens is 466 g/mol. The van der Waals surface area contributed by atoms with Gasteiger partial charge in [0.25, 0.3) is 5.91 Å². The van der Waals surface area contributed by atoms with Gasteiger partial charge in [0.1, 0.15) is 5.69 Å². The fourth-order valence-electron chi connectivity index (χ4n) is 3.98. The van der Waals surface area contributed by atoms with Gasteiger partial charge in [-0.2, -0.15) is 13.2 Å². The minimum absolute atomic E-state index is 0.181. The van der Waals surface area contributed by atoms with Crippen molar-refractivity contribution in [1.82, 2.24) is 14.5 Å². The van der Waals surface area contributed by atoms with E-state index in [1.54, 1.807) is 34.7 Å². The van der Waals surface area contributed by atoms with E-state index in [0.717, 1.165) is 6.07 Å². The molecule has 0 saturated carbocycles. The number of hydrogen-bond acceptors (Lipinski definition) is 3. The highest BCUT2D eigenvalue weighted by molar-refractivity contribution is 6.38. The first-order chi connectivity index (χ1) is 15.1. The van der Waals surface area contributed by atoms with E-state index in [-0.39, 0.29) is 23.2 Å². The summed E-state index contributed by atoms with van der Waals surface area (Å²) in [7, 11) is 0. The summed E-state index contributed by atoms with van der Waals surface area (Å²) in [6.45, 7) is 5.33. The second-order valence-corrected chi connectivity index (χ2v) is 8.50. The number of nitrogens with zero attached hydrogens (tertiary/aromatic N) is 3. The lowest BCUT2D eigenvalue weighted by Gasteiger charge is -2.27. The first-order valence-electron chi connectivity index (χ1n) is 9.96. The van der Waals surface area contributed by atoms with Crippen molar-refractivity contribution in [3.05, 3.63) is 62.5 Å². The van der Waals surface area contributed by atoms with Crippen molar-refractivity contribution in [3.63, 3.8) is 0 Å². The molecule has 1 aliphatic rings. The van der Waals surface area contributed by atoms with Crippen molar-refractivity contribution >= 4 is 40.0 Å². The van der Waals surface area contributed by atoms with Crippen LogP contribution < -0.4 is 0 Å². The lowest BCUT2D eigenvalue weighted by molar-refractivity contribution is -0.141. The molecule has 1 aromatic carbocycles. The van der Waals surface area contributed by atoms with Crippen LogP contribution in [-0.2, 0) is 17.5 Å². The van der Waals surface area contributed by atoms with Crippen LogP contribution in [0.4, 0.5) is 13.2 Å². The number of pyridine rings is 1. The summed E-state index contributed by atoms with van der Waals surface area (Å²) in [5, 5.41) is 1.05. The zero-order chi connectivity index (χ0) is 23.2. The molecule has 3 aromatic rings. The maximum absolute atomic E-state index is 13.2. The number of hydrogen-bond donors (Lipinski definition) is 0. The molecule has 3 heterocycles. The number of morpholine rings is 1. The van der Waals surface area contributed by atoms with Crippen LogP contribution >= 0.6 is 23.2 Å². The Morgan fingerprint density at radius 1 is 1.19 bits per heavy atom. The standard InChI is InChI=1S/C22H20Cl2F3N3O2/c1-12-10-30(20-13(2)28-18(9-15(12)20)22(25,26)27)11-16-17(23)4-3-14(19(16)24)21(31)29-5-7-32-8-6-29/h3-4,9-10H,5-8,11H2,1-2H3. The van der Waals surface area contributed by atoms with Crippen molar-refractivity contribution in [3.8, 4) is 0 Å². The zero-order valence-corrected chi connectivity index (χ0v) is 18.9. The number of aromatic nitrogens is 2. The summed E-state index contributed by atoms with van der Waals surface area (Å²) in [6, 6.07) is 4.25. The van der Waals surface area contributed by atoms with Crippen molar-refractivity contribution in [2.45, 2.75) is 26.6 Å². The van der Waals surface area contributed by atoms with Gasteiger partial charge in [0.15, 0.2) is 0 Å². The number of ether oxygens (including phenoxy) is 1. The molecule has 4 rings (SSSR count). The Balaban J connectivity index is 1.75. The molecule has 0 radical (unpaired) electrons. The van der Waals surface area contributed by atoms with Gasteiger partial charge in [-0.15, -0.1) is 0 Å². The van der Waals surface area contributed by atoms with Crippen molar-refractivity contribution in [2.75, 3.05) is 26.3 Å². The molecule has 2 aromatic heterocycles. The van der Waals surface area contributed by atoms with E-state index in [2.05, 4.69) is 4.98 Å². The summed E-state index contributed by atoms with van der Waals surface area (Å²) in [4.78, 5) is 18.4. The van der Waals surface area contributed by atoms with Crippen LogP contribution in [0.15, 0.2) is 24.4 Å². The van der Waals surface area contributed by atoms with E-state index in [1.165, 1.54) is 6.92 Å². The average Bonchev–Trinajstić information content (AvgIpc) is 3.06. The number of carbonyl (C=O) groups excluding carboxylic acids is 1. The lowest BCUT2D eigenvalue weighted by Crippen LogP contribution is -2.40. The highest BCUT2D eigenvalue weighted by atomic mass is 35.5. The molecule has 1 saturated heterocycles. The molecule has 0 unspecified atom stereocenters. The van der Waals surface area contributed by atoms with Crippen LogP contribution in [0.3, 0.4) is 0 Å². The summed E-state index contributed by atoms with van der Waals surface area (Å²) in [5.74, 6) is -0.211. The number of halogens is 5. The van der Waals surface area contributed by atoms with Crippen LogP contribution in [0.25, 0.3) is 10.9 Å². The van der Waals surface area contributed by atoms with E-state index in [1.807, 2.05) is 0 Å². The third kappa shape index (κ3) is 4.19. The average molecular weight is 486 g/mol. The number of fused-ring (bicyclic) bond motifs is 1. The third-order valence-electron chi connectivity index (χ3n) is 5.56. The van der Waals surface area contributed by atoms with E-state index in [4.69, 9.17) is 27.9 Å². The maximum Gasteiger partial charge on any atom is 0.433 e. The highest BCUT2D eigenvalue weighted by Crippen LogP contribution is 2.35. The van der Waals surface area contributed by atoms with Crippen molar-refractivity contribution in [2.24, 2.45) is 0 Å². The maximum atomic E-state index is 13.2. The fraction of sp³-hybridized carbons (Fsp3) is 0.364. The summed E-state index contributed by atoms with van der Waals surface area (Å²) >= 11 is 13.0. The second-order valence-electron chi connectivity index (χ2n) is 7.72. The molecule has 0 bridgehead atoms. The van der Waals surface area contributed by atoms with E-state index in [0.29, 0.717) is 58.9 Å². The predicted molar refractivity (Wildman–Crippen MR) is 116 cm³/mol. The number of aryl methyl sites for hydroxylation is 2. The number of amides is 1. The van der Waals surface area contributed by atoms with E-state index >= 15 is 0 Å². The van der Waals surface area contributed by atoms with Crippen molar-refractivity contribution < 1.29 is 22.7 Å². The van der Waals surface area contributed by atoms with Gasteiger partial charge in [-0.05, 0) is 37.6 Å². The molecule has 170 valence electrons. The van der Waals surface area contributed by atoms with Crippen LogP contribution in [-0.4, -0.2) is 46.7 Å². The molecule has 0 aliphatic carbocycles. The van der Waals surface area contributed by atoms with Gasteiger partial charge in [-0.1, -0.05) is 23.2 Å². The normalized spacial score (nSPS) is 14.9. The molecule has 10 heteroatoms. The van der Waals surface area contributed by atoms with Crippen LogP contribution in [0.1, 0.15) is 32.9 Å². The van der Waals surface area contributed by atoms with E-state index in [9.17, 15) is 18.0 Å². The Morgan fingerprint density at radius 2 is 1.88 bits per heavy atom. The van der Waals surface area contributed by atoms with Crippen LogP contribution in [0, 0.1) is 13.8 Å². The quantitative estimate of drug-likeness (QED) is 0.492. The number of alkyl halides is 3. The molecule has 0 atom stereocenters. The first-order valence-corrected chi connectivity index (χ1v) is 10.7. The molecule has 5 nitrogen and oxygen atoms in total. The minimum Gasteiger partial charge on any atom is -0.378 e. The van der Waals surface area contributed by atoms with Gasteiger partial charge in [0.2, 0.25) is 0 Å². The van der Waals surface area contributed by atoms with E-state index < -0.39 is 11.9 Å². The smallest absolute Gasteiger partial charge is 0.378 e. The van der Waals surface area contributed by atoms with Gasteiger partial charge >= 0.3 is 6.18 Å². The number of benzene rings is 1. The van der Waals surface area contributed by atoms with Gasteiger partial charge in [-0.3, -0.25) is 4.79 Å². The van der Waals surface area contributed by atoms with Gasteiger partial charge in [-0.25, -0.2) is 4.98 Å². The van der Waals surface area contributed by atoms with Gasteiger partial charge < -0.3 is 14.2 Å². The van der Waals surface area contributed by atoms with Crippen LogP contribution in [0.2, 0.25) is 10.0 Å². The molecular formula is C22H20Cl2F3N3O2. The first kappa shape index (κ1) is 22.9. The molecule has 1 aliphatic heterocycles. The SMILES string of the molecule is Cc1cn(Cc2c(Cl)ccc(C(=O)N3CCOCC3)c2Cl)c2c(C)nc(C(F)(F)F)cc12. The molecule has 1 amide bonds. The second kappa shape index (κ2) is 8.57. The Bertz CT molecular complexity index is 1200. The Morgan fingerprint density at radius 3 is 2.53 bits per heavy atom. The molecule has 32 heavy (non-hydrogen) atoms. The molecule has 0 N–H and O–H groups in total. The molecule has 0 spiro atoms. The fourth-order valence-corrected chi connectivity index (χ4v) is 4.55. The Labute approximate surface area is 192 Å². The summed E-state index contributed by atoms with van der Waals surface area (Å²) in [5.41, 5.74) is 1.39. The Hall–Kier alpha value is -2.29. The zero-order valence-electron chi connectivity index (χ0n) is 17.4. The number of carbonyl (C=O) groups is 1. The minimum atomic E-state index is -4.53. The summed E-state index contributed by atoms with van der Waals surface area (Å²) in [6.07, 6.45) is -2.79. The van der Waals surface area contributed by atoms with Gasteiger partial charge in [0.05, 0.1) is 41.6 Å². The topological polar surface area (TPSA) is 47.4 Å². The molecule has 1 fully saturated rings.